The Bertz CT molecular complexity index is 963. The van der Waals surface area contributed by atoms with E-state index in [1.54, 1.807) is 0 Å². The van der Waals surface area contributed by atoms with Crippen molar-refractivity contribution >= 4 is 16.8 Å². The number of primary amides is 1. The highest BCUT2D eigenvalue weighted by molar-refractivity contribution is 5.97. The standard InChI is InChI=1S/C20H19FN2O2/c21-14-9-10-16(24)18-17-13(20(22)25)7-4-8-15(17)23(19(14)18)11-12-5-2-1-3-6-12/h1-3,5-6,9-10,13,24H,4,7-8,11H2,(H2,22,25). The third-order valence-corrected chi connectivity index (χ3v) is 5.06. The molecule has 1 unspecified atom stereocenters. The maximum Gasteiger partial charge on any atom is 0.225 e. The van der Waals surface area contributed by atoms with Crippen LogP contribution in [0.5, 0.6) is 5.75 Å². The van der Waals surface area contributed by atoms with Crippen molar-refractivity contribution in [1.82, 2.24) is 4.57 Å². The molecule has 0 fully saturated rings. The van der Waals surface area contributed by atoms with Crippen LogP contribution in [0, 0.1) is 5.82 Å². The highest BCUT2D eigenvalue weighted by Gasteiger charge is 2.33. The summed E-state index contributed by atoms with van der Waals surface area (Å²) in [6, 6.07) is 12.4. The zero-order valence-electron chi connectivity index (χ0n) is 13.7. The Morgan fingerprint density at radius 1 is 1.24 bits per heavy atom. The fourth-order valence-corrected chi connectivity index (χ4v) is 4.00. The normalized spacial score (nSPS) is 16.8. The van der Waals surface area contributed by atoms with Crippen LogP contribution in [0.15, 0.2) is 42.5 Å². The number of halogens is 1. The van der Waals surface area contributed by atoms with Gasteiger partial charge in [0.25, 0.3) is 0 Å². The highest BCUT2D eigenvalue weighted by Crippen LogP contribution is 2.43. The molecule has 25 heavy (non-hydrogen) atoms. The van der Waals surface area contributed by atoms with Crippen molar-refractivity contribution in [3.8, 4) is 5.75 Å². The molecular formula is C20H19FN2O2. The second kappa shape index (κ2) is 5.92. The number of carbonyl (C=O) groups excluding carboxylic acids is 1. The summed E-state index contributed by atoms with van der Waals surface area (Å²) in [6.45, 7) is 0.485. The quantitative estimate of drug-likeness (QED) is 0.768. The zero-order valence-corrected chi connectivity index (χ0v) is 13.7. The van der Waals surface area contributed by atoms with Gasteiger partial charge in [0.15, 0.2) is 0 Å². The van der Waals surface area contributed by atoms with Crippen LogP contribution in [0.2, 0.25) is 0 Å². The predicted octanol–water partition coefficient (Wildman–Crippen LogP) is 3.44. The molecule has 3 N–H and O–H groups in total. The minimum atomic E-state index is -0.490. The molecule has 0 bridgehead atoms. The monoisotopic (exact) mass is 338 g/mol. The molecule has 0 aliphatic heterocycles. The molecule has 3 aromatic rings. The van der Waals surface area contributed by atoms with Crippen molar-refractivity contribution in [1.29, 1.82) is 0 Å². The number of benzene rings is 2. The number of hydrogen-bond donors (Lipinski definition) is 2. The Labute approximate surface area is 144 Å². The Balaban J connectivity index is 2.02. The number of aromatic hydroxyl groups is 1. The molecule has 1 aliphatic rings. The second-order valence-corrected chi connectivity index (χ2v) is 6.57. The van der Waals surface area contributed by atoms with Gasteiger partial charge >= 0.3 is 0 Å². The summed E-state index contributed by atoms with van der Waals surface area (Å²) in [4.78, 5) is 12.0. The number of hydrogen-bond acceptors (Lipinski definition) is 2. The van der Waals surface area contributed by atoms with Crippen LogP contribution in [0.4, 0.5) is 4.39 Å². The van der Waals surface area contributed by atoms with E-state index >= 15 is 0 Å². The molecule has 1 aromatic heterocycles. The molecule has 0 spiro atoms. The fourth-order valence-electron chi connectivity index (χ4n) is 4.00. The van der Waals surface area contributed by atoms with E-state index in [0.29, 0.717) is 29.4 Å². The van der Waals surface area contributed by atoms with Crippen molar-refractivity contribution in [3.63, 3.8) is 0 Å². The lowest BCUT2D eigenvalue weighted by molar-refractivity contribution is -0.119. The van der Waals surface area contributed by atoms with Crippen LogP contribution in [-0.4, -0.2) is 15.6 Å². The average molecular weight is 338 g/mol. The fraction of sp³-hybridized carbons (Fsp3) is 0.250. The molecule has 1 aliphatic carbocycles. The first-order valence-corrected chi connectivity index (χ1v) is 8.43. The number of carbonyl (C=O) groups is 1. The van der Waals surface area contributed by atoms with Crippen LogP contribution in [0.1, 0.15) is 35.6 Å². The summed E-state index contributed by atoms with van der Waals surface area (Å²) in [5.41, 5.74) is 8.58. The summed E-state index contributed by atoms with van der Waals surface area (Å²) in [5, 5.41) is 10.8. The van der Waals surface area contributed by atoms with Crippen molar-refractivity contribution in [3.05, 3.63) is 65.1 Å². The number of aromatic nitrogens is 1. The van der Waals surface area contributed by atoms with Crippen molar-refractivity contribution < 1.29 is 14.3 Å². The topological polar surface area (TPSA) is 68.2 Å². The molecule has 128 valence electrons. The lowest BCUT2D eigenvalue weighted by Crippen LogP contribution is -2.25. The first-order valence-electron chi connectivity index (χ1n) is 8.43. The first kappa shape index (κ1) is 15.7. The number of nitrogens with zero attached hydrogens (tertiary/aromatic N) is 1. The van der Waals surface area contributed by atoms with E-state index in [-0.39, 0.29) is 5.75 Å². The van der Waals surface area contributed by atoms with Crippen LogP contribution in [0.3, 0.4) is 0 Å². The first-order chi connectivity index (χ1) is 12.1. The van der Waals surface area contributed by atoms with Gasteiger partial charge in [-0.3, -0.25) is 4.79 Å². The van der Waals surface area contributed by atoms with Gasteiger partial charge in [0, 0.05) is 17.6 Å². The van der Waals surface area contributed by atoms with Gasteiger partial charge in [-0.25, -0.2) is 4.39 Å². The van der Waals surface area contributed by atoms with Crippen molar-refractivity contribution in [2.75, 3.05) is 0 Å². The number of rotatable bonds is 3. The summed E-state index contributed by atoms with van der Waals surface area (Å²) in [6.07, 6.45) is 2.18. The maximum atomic E-state index is 14.7. The highest BCUT2D eigenvalue weighted by atomic mass is 19.1. The third kappa shape index (κ3) is 2.47. The minimum Gasteiger partial charge on any atom is -0.507 e. The van der Waals surface area contributed by atoms with Gasteiger partial charge in [0.1, 0.15) is 11.6 Å². The van der Waals surface area contributed by atoms with Gasteiger partial charge < -0.3 is 15.4 Å². The minimum absolute atomic E-state index is 0.00684. The molecule has 5 heteroatoms. The molecule has 4 rings (SSSR count). The average Bonchev–Trinajstić information content (AvgIpc) is 2.95. The lowest BCUT2D eigenvalue weighted by atomic mass is 9.84. The Kier molecular flexibility index (Phi) is 3.71. The van der Waals surface area contributed by atoms with Crippen molar-refractivity contribution in [2.45, 2.75) is 31.7 Å². The molecule has 1 heterocycles. The van der Waals surface area contributed by atoms with E-state index in [2.05, 4.69) is 0 Å². The molecule has 0 saturated heterocycles. The third-order valence-electron chi connectivity index (χ3n) is 5.06. The summed E-state index contributed by atoms with van der Waals surface area (Å²) >= 11 is 0. The van der Waals surface area contributed by atoms with Gasteiger partial charge in [-0.15, -0.1) is 0 Å². The van der Waals surface area contributed by atoms with Crippen LogP contribution < -0.4 is 5.73 Å². The maximum absolute atomic E-state index is 14.7. The predicted molar refractivity (Wildman–Crippen MR) is 94.0 cm³/mol. The number of phenolic OH excluding ortho intramolecular Hbond substituents is 1. The SMILES string of the molecule is NC(=O)C1CCCc2c1c1c(O)ccc(F)c1n2Cc1ccccc1. The lowest BCUT2D eigenvalue weighted by Gasteiger charge is -2.22. The largest absolute Gasteiger partial charge is 0.507 e. The smallest absolute Gasteiger partial charge is 0.225 e. The van der Waals surface area contributed by atoms with E-state index in [4.69, 9.17) is 5.73 Å². The van der Waals surface area contributed by atoms with Crippen molar-refractivity contribution in [2.24, 2.45) is 5.73 Å². The summed E-state index contributed by atoms with van der Waals surface area (Å²) in [5.74, 6) is -1.33. The Hall–Kier alpha value is -2.82. The van der Waals surface area contributed by atoms with Crippen LogP contribution in [0.25, 0.3) is 10.9 Å². The summed E-state index contributed by atoms with van der Waals surface area (Å²) in [7, 11) is 0. The number of nitrogens with two attached hydrogens (primary N) is 1. The molecule has 1 amide bonds. The van der Waals surface area contributed by atoms with Gasteiger partial charge in [-0.1, -0.05) is 30.3 Å². The van der Waals surface area contributed by atoms with Gasteiger partial charge in [0.2, 0.25) is 5.91 Å². The van der Waals surface area contributed by atoms with E-state index in [1.807, 2.05) is 34.9 Å². The molecule has 0 saturated carbocycles. The van der Waals surface area contributed by atoms with E-state index < -0.39 is 17.6 Å². The Morgan fingerprint density at radius 3 is 2.72 bits per heavy atom. The molecular weight excluding hydrogens is 319 g/mol. The molecule has 1 atom stereocenters. The second-order valence-electron chi connectivity index (χ2n) is 6.57. The summed E-state index contributed by atoms with van der Waals surface area (Å²) < 4.78 is 16.6. The molecule has 0 radical (unpaired) electrons. The zero-order chi connectivity index (χ0) is 17.6. The number of fused-ring (bicyclic) bond motifs is 3. The molecule has 2 aromatic carbocycles. The van der Waals surface area contributed by atoms with E-state index in [0.717, 1.165) is 24.1 Å². The van der Waals surface area contributed by atoms with E-state index in [1.165, 1.54) is 12.1 Å². The van der Waals surface area contributed by atoms with Gasteiger partial charge in [-0.05, 0) is 42.5 Å². The van der Waals surface area contributed by atoms with Gasteiger partial charge in [0.05, 0.1) is 11.4 Å². The van der Waals surface area contributed by atoms with Crippen LogP contribution in [-0.2, 0) is 17.8 Å². The molecule has 4 nitrogen and oxygen atoms in total. The number of phenols is 1. The Morgan fingerprint density at radius 2 is 2.00 bits per heavy atom. The van der Waals surface area contributed by atoms with Gasteiger partial charge in [-0.2, -0.15) is 0 Å². The number of amides is 1. The van der Waals surface area contributed by atoms with Crippen LogP contribution >= 0.6 is 0 Å². The van der Waals surface area contributed by atoms with E-state index in [9.17, 15) is 14.3 Å².